The van der Waals surface area contributed by atoms with E-state index in [9.17, 15) is 13.2 Å². The third-order valence-corrected chi connectivity index (χ3v) is 6.81. The van der Waals surface area contributed by atoms with Gasteiger partial charge < -0.3 is 38.0 Å². The normalized spacial score (nSPS) is 13.7. The van der Waals surface area contributed by atoms with E-state index in [0.29, 0.717) is 24.0 Å². The van der Waals surface area contributed by atoms with Crippen LogP contribution in [0.25, 0.3) is 0 Å². The molecular weight excluding hydrogens is 542 g/mol. The highest BCUT2D eigenvalue weighted by molar-refractivity contribution is 7.89. The van der Waals surface area contributed by atoms with Crippen molar-refractivity contribution in [3.63, 3.8) is 0 Å². The lowest BCUT2D eigenvalue weighted by Crippen LogP contribution is -3.00. The quantitative estimate of drug-likeness (QED) is 0.306. The fourth-order valence-corrected chi connectivity index (χ4v) is 4.74. The van der Waals surface area contributed by atoms with Crippen molar-refractivity contribution in [2.75, 3.05) is 68.2 Å². The maximum Gasteiger partial charge on any atom is 0.319 e. The minimum Gasteiger partial charge on any atom is -1.00 e. The van der Waals surface area contributed by atoms with Crippen LogP contribution in [0.1, 0.15) is 5.56 Å². The number of carbonyl (C=O) groups is 1. The maximum atomic E-state index is 12.2. The minimum atomic E-state index is -3.09. The van der Waals surface area contributed by atoms with Gasteiger partial charge in [0.2, 0.25) is 5.95 Å². The molecule has 0 saturated carbocycles. The summed E-state index contributed by atoms with van der Waals surface area (Å²) in [5.74, 6) is 1.09. The lowest BCUT2D eigenvalue weighted by molar-refractivity contribution is -0.0000154. The number of hydrogen-bond acceptors (Lipinski definition) is 9. The Labute approximate surface area is 235 Å². The van der Waals surface area contributed by atoms with Gasteiger partial charge in [-0.05, 0) is 48.0 Å². The highest BCUT2D eigenvalue weighted by atomic mass is 35.5. The van der Waals surface area contributed by atoms with E-state index in [1.165, 1.54) is 6.26 Å². The van der Waals surface area contributed by atoms with Gasteiger partial charge in [-0.3, -0.25) is 4.90 Å². The van der Waals surface area contributed by atoms with Crippen molar-refractivity contribution in [2.45, 2.75) is 5.75 Å². The number of benzene rings is 2. The Kier molecular flexibility index (Phi) is 10.9. The second-order valence-electron chi connectivity index (χ2n) is 9.07. The fraction of sp³-hybridized carbons (Fsp3) is 0.346. The van der Waals surface area contributed by atoms with Crippen LogP contribution in [0.3, 0.4) is 0 Å². The minimum absolute atomic E-state index is 0. The van der Waals surface area contributed by atoms with Crippen molar-refractivity contribution in [1.82, 2.24) is 20.2 Å². The van der Waals surface area contributed by atoms with Crippen molar-refractivity contribution in [3.05, 3.63) is 66.4 Å². The van der Waals surface area contributed by atoms with Crippen LogP contribution in [0, 0.1) is 0 Å². The summed E-state index contributed by atoms with van der Waals surface area (Å²) in [6, 6.07) is 16.2. The molecule has 1 fully saturated rings. The standard InChI is InChI=1S/C26H33N7O4S.ClH/c1-32(23-9-7-22(8-10-23)30-26(34)28-13-14-33-15-17-37-18-16-33)24-11-12-27-25(31-24)29-21-5-3-20(4-6-21)19-38(2,35)36;/h3-12H,13-19H2,1-2H3,(H,27,29,31)(H2,28,30,34);1H/p-1. The molecule has 210 valence electrons. The van der Waals surface area contributed by atoms with Crippen molar-refractivity contribution in [1.29, 1.82) is 0 Å². The number of morpholine rings is 1. The Morgan fingerprint density at radius 2 is 1.69 bits per heavy atom. The molecule has 2 aromatic carbocycles. The van der Waals surface area contributed by atoms with E-state index < -0.39 is 9.84 Å². The summed E-state index contributed by atoms with van der Waals surface area (Å²) in [6.07, 6.45) is 2.88. The number of hydrogen-bond donors (Lipinski definition) is 3. The summed E-state index contributed by atoms with van der Waals surface area (Å²) in [7, 11) is -1.19. The summed E-state index contributed by atoms with van der Waals surface area (Å²) in [4.78, 5) is 25.3. The molecule has 1 aromatic heterocycles. The topological polar surface area (TPSA) is 129 Å². The van der Waals surface area contributed by atoms with Gasteiger partial charge in [0.05, 0.1) is 19.0 Å². The number of carbonyl (C=O) groups excluding carboxylic acids is 1. The van der Waals surface area contributed by atoms with E-state index in [0.717, 1.165) is 49.8 Å². The smallest absolute Gasteiger partial charge is 0.319 e. The zero-order chi connectivity index (χ0) is 27.0. The Bertz CT molecular complexity index is 1320. The molecule has 1 aliphatic rings. The van der Waals surface area contributed by atoms with Crippen molar-refractivity contribution < 1.29 is 30.4 Å². The first-order chi connectivity index (χ1) is 18.2. The molecule has 2 amide bonds. The van der Waals surface area contributed by atoms with E-state index in [2.05, 4.69) is 30.8 Å². The molecule has 3 aromatic rings. The van der Waals surface area contributed by atoms with Gasteiger partial charge in [0.1, 0.15) is 5.82 Å². The molecular formula is C26H33ClN7O4S-. The van der Waals surface area contributed by atoms with Gasteiger partial charge in [0.15, 0.2) is 9.84 Å². The lowest BCUT2D eigenvalue weighted by atomic mass is 10.2. The van der Waals surface area contributed by atoms with Crippen molar-refractivity contribution in [2.24, 2.45) is 0 Å². The maximum absolute atomic E-state index is 12.2. The summed E-state index contributed by atoms with van der Waals surface area (Å²) in [5.41, 5.74) is 3.05. The molecule has 11 nitrogen and oxygen atoms in total. The van der Waals surface area contributed by atoms with E-state index in [-0.39, 0.29) is 24.2 Å². The monoisotopic (exact) mass is 574 g/mol. The number of sulfone groups is 1. The fourth-order valence-electron chi connectivity index (χ4n) is 3.94. The number of amides is 2. The van der Waals surface area contributed by atoms with Gasteiger partial charge in [-0.15, -0.1) is 0 Å². The lowest BCUT2D eigenvalue weighted by Gasteiger charge is -2.26. The third-order valence-electron chi connectivity index (χ3n) is 5.95. The Hall–Kier alpha value is -3.45. The molecule has 1 aliphatic heterocycles. The van der Waals surface area contributed by atoms with Crippen LogP contribution in [0.4, 0.5) is 33.6 Å². The zero-order valence-corrected chi connectivity index (χ0v) is 23.5. The number of rotatable bonds is 10. The van der Waals surface area contributed by atoms with Crippen molar-refractivity contribution in [3.8, 4) is 0 Å². The van der Waals surface area contributed by atoms with Crippen LogP contribution < -0.4 is 33.3 Å². The van der Waals surface area contributed by atoms with Crippen LogP contribution >= 0.6 is 0 Å². The number of urea groups is 1. The van der Waals surface area contributed by atoms with E-state index >= 15 is 0 Å². The van der Waals surface area contributed by atoms with E-state index in [1.54, 1.807) is 36.5 Å². The molecule has 0 atom stereocenters. The summed E-state index contributed by atoms with van der Waals surface area (Å²) in [6.45, 7) is 4.63. The number of aromatic nitrogens is 2. The molecule has 0 bridgehead atoms. The predicted molar refractivity (Wildman–Crippen MR) is 149 cm³/mol. The summed E-state index contributed by atoms with van der Waals surface area (Å²) >= 11 is 0. The average molecular weight is 575 g/mol. The highest BCUT2D eigenvalue weighted by Crippen LogP contribution is 2.24. The first-order valence-electron chi connectivity index (χ1n) is 12.3. The molecule has 2 heterocycles. The zero-order valence-electron chi connectivity index (χ0n) is 21.9. The molecule has 3 N–H and O–H groups in total. The average Bonchev–Trinajstić information content (AvgIpc) is 2.90. The molecule has 13 heteroatoms. The van der Waals surface area contributed by atoms with Crippen LogP contribution in [0.5, 0.6) is 0 Å². The number of nitrogens with one attached hydrogen (secondary N) is 3. The SMILES string of the molecule is CN(c1ccc(NC(=O)NCCN2CCOCC2)cc1)c1ccnc(Nc2ccc(CS(C)(=O)=O)cc2)n1.[Cl-]. The molecule has 39 heavy (non-hydrogen) atoms. The second kappa shape index (κ2) is 14.1. The Morgan fingerprint density at radius 1 is 1.03 bits per heavy atom. The van der Waals surface area contributed by atoms with Crippen LogP contribution in [0.2, 0.25) is 0 Å². The third kappa shape index (κ3) is 9.66. The Balaban J connectivity index is 0.00000420. The highest BCUT2D eigenvalue weighted by Gasteiger charge is 2.11. The van der Waals surface area contributed by atoms with Gasteiger partial charge in [0.25, 0.3) is 0 Å². The second-order valence-corrected chi connectivity index (χ2v) is 11.2. The van der Waals surface area contributed by atoms with Gasteiger partial charge in [-0.2, -0.15) is 4.98 Å². The molecule has 4 rings (SSSR count). The van der Waals surface area contributed by atoms with Gasteiger partial charge in [-0.25, -0.2) is 18.2 Å². The van der Waals surface area contributed by atoms with Gasteiger partial charge in [-0.1, -0.05) is 12.1 Å². The van der Waals surface area contributed by atoms with Crippen molar-refractivity contribution >= 4 is 44.7 Å². The van der Waals surface area contributed by atoms with Gasteiger partial charge in [0, 0.05) is 62.7 Å². The largest absolute Gasteiger partial charge is 1.00 e. The molecule has 0 spiro atoms. The molecule has 1 saturated heterocycles. The first kappa shape index (κ1) is 30.1. The van der Waals surface area contributed by atoms with Crippen LogP contribution in [-0.4, -0.2) is 82.0 Å². The summed E-state index contributed by atoms with van der Waals surface area (Å²) in [5, 5.41) is 8.89. The number of ether oxygens (including phenoxy) is 1. The molecule has 0 unspecified atom stereocenters. The van der Waals surface area contributed by atoms with E-state index in [4.69, 9.17) is 4.74 Å². The van der Waals surface area contributed by atoms with Gasteiger partial charge >= 0.3 is 6.03 Å². The first-order valence-corrected chi connectivity index (χ1v) is 14.4. The predicted octanol–water partition coefficient (Wildman–Crippen LogP) is -0.00960. The number of anilines is 5. The summed E-state index contributed by atoms with van der Waals surface area (Å²) < 4.78 is 28.3. The van der Waals surface area contributed by atoms with Crippen LogP contribution in [0.15, 0.2) is 60.8 Å². The molecule has 0 radical (unpaired) electrons. The van der Waals surface area contributed by atoms with E-state index in [1.807, 2.05) is 36.2 Å². The Morgan fingerprint density at radius 3 is 2.36 bits per heavy atom. The molecule has 0 aliphatic carbocycles. The number of nitrogens with zero attached hydrogens (tertiary/aromatic N) is 4. The van der Waals surface area contributed by atoms with Crippen LogP contribution in [-0.2, 0) is 20.3 Å². The number of halogens is 1.